The number of nitrogens with two attached hydrogens (primary N) is 1. The van der Waals surface area contributed by atoms with Gasteiger partial charge in [-0.1, -0.05) is 11.6 Å². The van der Waals surface area contributed by atoms with E-state index in [-0.39, 0.29) is 11.6 Å². The highest BCUT2D eigenvalue weighted by Crippen LogP contribution is 2.53. The van der Waals surface area contributed by atoms with E-state index in [0.29, 0.717) is 17.9 Å². The van der Waals surface area contributed by atoms with Crippen LogP contribution in [0.4, 0.5) is 5.82 Å². The second kappa shape index (κ2) is 10.6. The highest BCUT2D eigenvalue weighted by Gasteiger charge is 2.58. The number of hydrogen-bond donors (Lipinski definition) is 4. The van der Waals surface area contributed by atoms with Crippen molar-refractivity contribution >= 4 is 31.1 Å². The summed E-state index contributed by atoms with van der Waals surface area (Å²) >= 11 is 5.93. The molecule has 1 aliphatic heterocycles. The Morgan fingerprint density at radius 2 is 2.00 bits per heavy atom. The topological polar surface area (TPSA) is 184 Å². The van der Waals surface area contributed by atoms with Crippen molar-refractivity contribution in [3.8, 4) is 5.75 Å². The van der Waals surface area contributed by atoms with E-state index in [0.717, 1.165) is 4.57 Å². The second-order valence-corrected chi connectivity index (χ2v) is 11.8. The molecule has 38 heavy (non-hydrogen) atoms. The summed E-state index contributed by atoms with van der Waals surface area (Å²) in [5.74, 6) is -0.498. The van der Waals surface area contributed by atoms with Crippen molar-refractivity contribution in [2.24, 2.45) is 0 Å². The van der Waals surface area contributed by atoms with Crippen LogP contribution >= 0.6 is 19.3 Å². The van der Waals surface area contributed by atoms with E-state index < -0.39 is 61.7 Å². The first kappa shape index (κ1) is 28.5. The molecule has 1 saturated carbocycles. The van der Waals surface area contributed by atoms with Gasteiger partial charge >= 0.3 is 19.4 Å². The van der Waals surface area contributed by atoms with E-state index in [9.17, 15) is 24.4 Å². The van der Waals surface area contributed by atoms with Crippen molar-refractivity contribution in [1.82, 2.24) is 14.6 Å². The molecule has 15 heteroatoms. The Morgan fingerprint density at radius 3 is 2.58 bits per heavy atom. The molecule has 208 valence electrons. The maximum atomic E-state index is 13.9. The maximum absolute atomic E-state index is 13.9. The molecule has 2 aromatic rings. The molecule has 3 unspecified atom stereocenters. The number of carbonyl (C=O) groups is 1. The Morgan fingerprint density at radius 1 is 1.34 bits per heavy atom. The number of ether oxygens (including phenoxy) is 2. The number of carbonyl (C=O) groups excluding carboxylic acids is 1. The van der Waals surface area contributed by atoms with E-state index in [1.165, 1.54) is 43.5 Å². The van der Waals surface area contributed by atoms with Gasteiger partial charge in [-0.2, -0.15) is 10.1 Å². The molecule has 0 bridgehead atoms. The summed E-state index contributed by atoms with van der Waals surface area (Å²) in [6, 6.07) is 7.30. The lowest BCUT2D eigenvalue weighted by molar-refractivity contribution is -0.150. The van der Waals surface area contributed by atoms with Gasteiger partial charge in [-0.3, -0.25) is 13.9 Å². The third-order valence-electron chi connectivity index (χ3n) is 6.14. The number of nitrogen functional groups attached to an aromatic ring is 1. The average Bonchev–Trinajstić information content (AvgIpc) is 3.56. The fraction of sp³-hybridized carbons (Fsp3) is 0.522. The first-order chi connectivity index (χ1) is 17.7. The van der Waals surface area contributed by atoms with Crippen LogP contribution in [0.1, 0.15) is 39.8 Å². The van der Waals surface area contributed by atoms with E-state index in [2.05, 4.69) is 10.1 Å². The average molecular weight is 573 g/mol. The Labute approximate surface area is 223 Å². The molecule has 1 aliphatic carbocycles. The van der Waals surface area contributed by atoms with Gasteiger partial charge in [-0.15, -0.1) is 0 Å². The van der Waals surface area contributed by atoms with Crippen LogP contribution in [0.25, 0.3) is 0 Å². The number of benzene rings is 1. The van der Waals surface area contributed by atoms with Gasteiger partial charge in [-0.05, 0) is 63.9 Å². The number of halogens is 1. The van der Waals surface area contributed by atoms with Gasteiger partial charge in [0.2, 0.25) is 0 Å². The number of rotatable bonds is 10. The van der Waals surface area contributed by atoms with Gasteiger partial charge in [0.1, 0.15) is 34.9 Å². The monoisotopic (exact) mass is 572 g/mol. The van der Waals surface area contributed by atoms with Gasteiger partial charge in [0.05, 0.1) is 12.7 Å². The summed E-state index contributed by atoms with van der Waals surface area (Å²) in [6.07, 6.45) is -2.63. The highest BCUT2D eigenvalue weighted by molar-refractivity contribution is 7.52. The summed E-state index contributed by atoms with van der Waals surface area (Å²) in [7, 11) is -4.31. The summed E-state index contributed by atoms with van der Waals surface area (Å²) in [5, 5.41) is 24.8. The minimum absolute atomic E-state index is 0.0271. The van der Waals surface area contributed by atoms with Crippen LogP contribution in [0.3, 0.4) is 0 Å². The van der Waals surface area contributed by atoms with E-state index in [1.807, 2.05) is 0 Å². The largest absolute Gasteiger partial charge is 0.462 e. The number of nitrogens with one attached hydrogen (secondary N) is 1. The molecule has 0 amide bonds. The highest BCUT2D eigenvalue weighted by atomic mass is 35.5. The van der Waals surface area contributed by atoms with Gasteiger partial charge < -0.3 is 29.9 Å². The molecular weight excluding hydrogens is 543 g/mol. The molecule has 1 aromatic heterocycles. The Balaban J connectivity index is 1.55. The molecule has 0 spiro atoms. The SMILES string of the molecule is CC(C)OC(=O)C1(NP(=O)(OCC2OC(n3ccc(N)nc3=O)[C@](C)(O)[C@@H]2O)Oc2ccc(Cl)cc2)CC1. The Hall–Kier alpha value is -2.51. The van der Waals surface area contributed by atoms with Gasteiger partial charge in [0, 0.05) is 11.2 Å². The molecule has 0 radical (unpaired) electrons. The van der Waals surface area contributed by atoms with Crippen LogP contribution in [0.5, 0.6) is 5.75 Å². The standard InChI is InChI=1S/C23H30ClN4O9P/c1-13(2)35-20(30)23(9-10-23)27-38(33,37-15-6-4-14(24)5-7-15)34-12-16-18(29)22(3,32)19(36-16)28-11-8-17(25)26-21(28)31/h4-8,11,13,16,18-19,29,32H,9-10,12H2,1-3H3,(H,27,33)(H2,25,26,31)/t16?,18-,19?,22-,38?/m1/s1. The molecule has 5 N–H and O–H groups in total. The third-order valence-corrected chi connectivity index (χ3v) is 8.04. The van der Waals surface area contributed by atoms with Crippen molar-refractivity contribution < 1.29 is 38.1 Å². The minimum atomic E-state index is -4.31. The van der Waals surface area contributed by atoms with Gasteiger partial charge in [0.25, 0.3) is 0 Å². The van der Waals surface area contributed by atoms with Crippen LogP contribution in [0.15, 0.2) is 41.3 Å². The maximum Gasteiger partial charge on any atom is 0.459 e. The molecule has 2 heterocycles. The number of nitrogens with zero attached hydrogens (tertiary/aromatic N) is 2. The summed E-state index contributed by atoms with van der Waals surface area (Å²) < 4.78 is 37.2. The minimum Gasteiger partial charge on any atom is -0.462 e. The molecular formula is C23H30ClN4O9P. The first-order valence-electron chi connectivity index (χ1n) is 11.9. The molecule has 1 aromatic carbocycles. The molecule has 5 atom stereocenters. The zero-order valence-electron chi connectivity index (χ0n) is 20.9. The summed E-state index contributed by atoms with van der Waals surface area (Å²) in [6.45, 7) is 4.11. The number of hydrogen-bond acceptors (Lipinski definition) is 11. The predicted octanol–water partition coefficient (Wildman–Crippen LogP) is 1.77. The number of aromatic nitrogens is 2. The van der Waals surface area contributed by atoms with Gasteiger partial charge in [-0.25, -0.2) is 9.36 Å². The number of esters is 1. The van der Waals surface area contributed by atoms with Crippen LogP contribution < -0.4 is 21.0 Å². The van der Waals surface area contributed by atoms with Crippen molar-refractivity contribution in [2.45, 2.75) is 69.3 Å². The van der Waals surface area contributed by atoms with Crippen molar-refractivity contribution in [1.29, 1.82) is 0 Å². The first-order valence-corrected chi connectivity index (χ1v) is 13.8. The lowest BCUT2D eigenvalue weighted by Crippen LogP contribution is -2.46. The Kier molecular flexibility index (Phi) is 7.93. The molecule has 2 aliphatic rings. The number of aliphatic hydroxyl groups excluding tert-OH is 1. The van der Waals surface area contributed by atoms with Crippen LogP contribution in [-0.4, -0.2) is 61.8 Å². The number of anilines is 1. The van der Waals surface area contributed by atoms with Gasteiger partial charge in [0.15, 0.2) is 6.23 Å². The predicted molar refractivity (Wildman–Crippen MR) is 135 cm³/mol. The lowest BCUT2D eigenvalue weighted by Gasteiger charge is -2.27. The van der Waals surface area contributed by atoms with Crippen LogP contribution in [0, 0.1) is 0 Å². The Bertz CT molecular complexity index is 1280. The van der Waals surface area contributed by atoms with Crippen LogP contribution in [-0.2, 0) is 23.4 Å². The number of aliphatic hydroxyl groups is 2. The van der Waals surface area contributed by atoms with Crippen LogP contribution in [0.2, 0.25) is 5.02 Å². The summed E-state index contributed by atoms with van der Waals surface area (Å²) in [5.41, 5.74) is 1.49. The summed E-state index contributed by atoms with van der Waals surface area (Å²) in [4.78, 5) is 28.6. The van der Waals surface area contributed by atoms with E-state index in [1.54, 1.807) is 13.8 Å². The van der Waals surface area contributed by atoms with E-state index in [4.69, 9.17) is 35.9 Å². The fourth-order valence-corrected chi connectivity index (χ4v) is 5.82. The molecule has 1 saturated heterocycles. The smallest absolute Gasteiger partial charge is 0.459 e. The molecule has 4 rings (SSSR count). The normalized spacial score (nSPS) is 27.6. The second-order valence-electron chi connectivity index (χ2n) is 9.73. The quantitative estimate of drug-likeness (QED) is 0.239. The zero-order valence-corrected chi connectivity index (χ0v) is 22.6. The third kappa shape index (κ3) is 6.04. The molecule has 13 nitrogen and oxygen atoms in total. The fourth-order valence-electron chi connectivity index (χ4n) is 3.94. The van der Waals surface area contributed by atoms with E-state index >= 15 is 0 Å². The molecule has 2 fully saturated rings. The lowest BCUT2D eigenvalue weighted by atomic mass is 9.96. The van der Waals surface area contributed by atoms with Crippen molar-refractivity contribution in [3.05, 3.63) is 52.0 Å². The zero-order chi connectivity index (χ0) is 27.9. The van der Waals surface area contributed by atoms with Crippen molar-refractivity contribution in [3.63, 3.8) is 0 Å². The van der Waals surface area contributed by atoms with Crippen molar-refractivity contribution in [2.75, 3.05) is 12.3 Å².